The molecule has 0 saturated carbocycles. The molecule has 116 valence electrons. The zero-order valence-electron chi connectivity index (χ0n) is 11.0. The van der Waals surface area contributed by atoms with Crippen molar-refractivity contribution in [3.05, 3.63) is 40.7 Å². The van der Waals surface area contributed by atoms with Crippen LogP contribution >= 0.6 is 23.2 Å². The molecular formula is C12H13Cl2F3N4. The first-order chi connectivity index (χ1) is 9.62. The largest absolute Gasteiger partial charge is 0.503 e. The second-order valence-corrected chi connectivity index (χ2v) is 5.41. The average Bonchev–Trinajstić information content (AvgIpc) is 2.58. The van der Waals surface area contributed by atoms with Gasteiger partial charge in [0.15, 0.2) is 0 Å². The fourth-order valence-electron chi connectivity index (χ4n) is 2.21. The Morgan fingerprint density at radius 2 is 1.86 bits per heavy atom. The number of nitrogens with two attached hydrogens (primary N) is 2. The van der Waals surface area contributed by atoms with Gasteiger partial charge in [-0.25, -0.2) is 5.01 Å². The Morgan fingerprint density at radius 1 is 1.29 bits per heavy atom. The van der Waals surface area contributed by atoms with E-state index in [0.717, 1.165) is 0 Å². The maximum atomic E-state index is 13.4. The van der Waals surface area contributed by atoms with E-state index >= 15 is 0 Å². The lowest BCUT2D eigenvalue weighted by Gasteiger charge is -2.40. The molecular weight excluding hydrogens is 328 g/mol. The van der Waals surface area contributed by atoms with Crippen molar-refractivity contribution in [2.75, 3.05) is 5.01 Å². The fourth-order valence-corrected chi connectivity index (χ4v) is 2.70. The van der Waals surface area contributed by atoms with Crippen LogP contribution in [0.2, 0.25) is 5.02 Å². The first-order valence-electron chi connectivity index (χ1n) is 6.00. The van der Waals surface area contributed by atoms with Gasteiger partial charge in [-0.3, -0.25) is 5.73 Å². The van der Waals surface area contributed by atoms with Crippen LogP contribution in [-0.2, 0) is 0 Å². The summed E-state index contributed by atoms with van der Waals surface area (Å²) in [6.45, 7) is 1.53. The second-order valence-electron chi connectivity index (χ2n) is 4.43. The number of hydrogen-bond acceptors (Lipinski definition) is 4. The molecule has 0 fully saturated rings. The molecule has 1 aromatic carbocycles. The van der Waals surface area contributed by atoms with Crippen LogP contribution in [0.15, 0.2) is 35.7 Å². The van der Waals surface area contributed by atoms with Gasteiger partial charge in [0.1, 0.15) is 0 Å². The van der Waals surface area contributed by atoms with Gasteiger partial charge in [0.05, 0.1) is 22.1 Å². The van der Waals surface area contributed by atoms with Crippen LogP contribution in [0.25, 0.3) is 0 Å². The molecule has 0 radical (unpaired) electrons. The molecule has 1 unspecified atom stereocenters. The van der Waals surface area contributed by atoms with E-state index in [4.69, 9.17) is 34.7 Å². The SMILES string of the molecule is CCC1=C(N)C(N)(Cl)N(c2ccccc2Cl)N1C(F)(F)F. The van der Waals surface area contributed by atoms with E-state index in [1.165, 1.54) is 25.1 Å². The minimum atomic E-state index is -4.74. The lowest BCUT2D eigenvalue weighted by Crippen LogP contribution is -2.59. The second kappa shape index (κ2) is 5.15. The first-order valence-corrected chi connectivity index (χ1v) is 6.76. The molecule has 0 bridgehead atoms. The summed E-state index contributed by atoms with van der Waals surface area (Å²) in [6.07, 6.45) is -4.73. The van der Waals surface area contributed by atoms with Crippen molar-refractivity contribution in [3.63, 3.8) is 0 Å². The zero-order valence-corrected chi connectivity index (χ0v) is 12.5. The van der Waals surface area contributed by atoms with Crippen LogP contribution in [-0.4, -0.2) is 16.4 Å². The molecule has 2 rings (SSSR count). The average molecular weight is 341 g/mol. The zero-order chi connectivity index (χ0) is 16.0. The number of anilines is 1. The first kappa shape index (κ1) is 16.1. The third kappa shape index (κ3) is 2.49. The molecule has 1 aliphatic rings. The van der Waals surface area contributed by atoms with Crippen LogP contribution in [0, 0.1) is 0 Å². The minimum Gasteiger partial charge on any atom is -0.396 e. The molecule has 4 nitrogen and oxygen atoms in total. The molecule has 0 amide bonds. The number of nitrogens with zero attached hydrogens (tertiary/aromatic N) is 2. The highest BCUT2D eigenvalue weighted by atomic mass is 35.5. The molecule has 4 N–H and O–H groups in total. The van der Waals surface area contributed by atoms with E-state index in [-0.39, 0.29) is 33.5 Å². The Labute approximate surface area is 129 Å². The van der Waals surface area contributed by atoms with Crippen LogP contribution < -0.4 is 16.5 Å². The predicted molar refractivity (Wildman–Crippen MR) is 76.1 cm³/mol. The molecule has 1 atom stereocenters. The van der Waals surface area contributed by atoms with Gasteiger partial charge in [-0.2, -0.15) is 5.01 Å². The maximum Gasteiger partial charge on any atom is 0.503 e. The van der Waals surface area contributed by atoms with Gasteiger partial charge >= 0.3 is 6.30 Å². The minimum absolute atomic E-state index is 0.0119. The monoisotopic (exact) mass is 340 g/mol. The van der Waals surface area contributed by atoms with Crippen molar-refractivity contribution in [1.82, 2.24) is 5.01 Å². The Hall–Kier alpha value is -1.31. The van der Waals surface area contributed by atoms with E-state index < -0.39 is 11.4 Å². The number of benzene rings is 1. The van der Waals surface area contributed by atoms with E-state index in [1.54, 1.807) is 6.07 Å². The van der Waals surface area contributed by atoms with E-state index in [0.29, 0.717) is 5.01 Å². The molecule has 21 heavy (non-hydrogen) atoms. The fraction of sp³-hybridized carbons (Fsp3) is 0.333. The summed E-state index contributed by atoms with van der Waals surface area (Å²) in [5.41, 5.74) is 11.1. The molecule has 1 aliphatic heterocycles. The normalized spacial score (nSPS) is 23.2. The van der Waals surface area contributed by atoms with Gasteiger partial charge in [0, 0.05) is 0 Å². The number of rotatable bonds is 2. The van der Waals surface area contributed by atoms with Gasteiger partial charge < -0.3 is 5.73 Å². The van der Waals surface area contributed by atoms with Crippen molar-refractivity contribution < 1.29 is 13.2 Å². The molecule has 0 aromatic heterocycles. The van der Waals surface area contributed by atoms with E-state index in [2.05, 4.69) is 0 Å². The number of hydrazine groups is 1. The van der Waals surface area contributed by atoms with Crippen molar-refractivity contribution >= 4 is 28.9 Å². The Morgan fingerprint density at radius 3 is 2.33 bits per heavy atom. The summed E-state index contributed by atoms with van der Waals surface area (Å²) in [5.74, 6) is 0. The highest BCUT2D eigenvalue weighted by molar-refractivity contribution is 6.34. The summed E-state index contributed by atoms with van der Waals surface area (Å²) in [4.78, 5) is 0. The topological polar surface area (TPSA) is 58.5 Å². The Balaban J connectivity index is 2.66. The summed E-state index contributed by atoms with van der Waals surface area (Å²) in [7, 11) is 0. The summed E-state index contributed by atoms with van der Waals surface area (Å²) >= 11 is 12.1. The third-order valence-electron chi connectivity index (χ3n) is 3.11. The van der Waals surface area contributed by atoms with E-state index in [9.17, 15) is 13.2 Å². The van der Waals surface area contributed by atoms with E-state index in [1.807, 2.05) is 0 Å². The number of alkyl halides is 4. The number of hydrogen-bond donors (Lipinski definition) is 2. The summed E-state index contributed by atoms with van der Waals surface area (Å²) in [5, 5.41) is -1.28. The lowest BCUT2D eigenvalue weighted by molar-refractivity contribution is -0.235. The maximum absolute atomic E-state index is 13.4. The van der Waals surface area contributed by atoms with Gasteiger partial charge in [-0.1, -0.05) is 42.3 Å². The molecule has 1 aromatic rings. The van der Waals surface area contributed by atoms with Crippen molar-refractivity contribution in [1.29, 1.82) is 0 Å². The van der Waals surface area contributed by atoms with Crippen LogP contribution in [0.3, 0.4) is 0 Å². The highest BCUT2D eigenvalue weighted by Gasteiger charge is 2.56. The summed E-state index contributed by atoms with van der Waals surface area (Å²) < 4.78 is 40.3. The van der Waals surface area contributed by atoms with Crippen LogP contribution in [0.5, 0.6) is 0 Å². The highest BCUT2D eigenvalue weighted by Crippen LogP contribution is 2.46. The van der Waals surface area contributed by atoms with Gasteiger partial charge in [-0.05, 0) is 18.6 Å². The molecule has 0 saturated heterocycles. The number of para-hydroxylation sites is 1. The number of halogens is 5. The quantitative estimate of drug-likeness (QED) is 0.640. The smallest absolute Gasteiger partial charge is 0.396 e. The predicted octanol–water partition coefficient (Wildman–Crippen LogP) is 3.33. The Kier molecular flexibility index (Phi) is 3.94. The van der Waals surface area contributed by atoms with Gasteiger partial charge in [0.2, 0.25) is 5.12 Å². The molecule has 0 spiro atoms. The van der Waals surface area contributed by atoms with Gasteiger partial charge in [0.25, 0.3) is 0 Å². The standard InChI is InChI=1S/C12H13Cl2F3N4/c1-2-8-10(18)11(14,19)20(21(8)12(15,16)17)9-6-4-3-5-7(9)13/h3-6H,2,18-19H2,1H3. The van der Waals surface area contributed by atoms with Crippen molar-refractivity contribution in [2.45, 2.75) is 24.8 Å². The molecule has 1 heterocycles. The number of allylic oxidation sites excluding steroid dienone is 1. The van der Waals surface area contributed by atoms with Crippen molar-refractivity contribution in [3.8, 4) is 0 Å². The molecule has 9 heteroatoms. The van der Waals surface area contributed by atoms with Crippen LogP contribution in [0.1, 0.15) is 13.3 Å². The molecule has 0 aliphatic carbocycles. The third-order valence-corrected chi connectivity index (χ3v) is 3.79. The van der Waals surface area contributed by atoms with Gasteiger partial charge in [-0.15, -0.1) is 13.2 Å². The van der Waals surface area contributed by atoms with Crippen molar-refractivity contribution in [2.24, 2.45) is 11.5 Å². The summed E-state index contributed by atoms with van der Waals surface area (Å²) in [6, 6.07) is 5.95. The lowest BCUT2D eigenvalue weighted by atomic mass is 10.2. The van der Waals surface area contributed by atoms with Crippen LogP contribution in [0.4, 0.5) is 18.9 Å². The Bertz CT molecular complexity index is 586.